The van der Waals surface area contributed by atoms with E-state index in [1.165, 1.54) is 6.42 Å². The van der Waals surface area contributed by atoms with Gasteiger partial charge in [0.25, 0.3) is 5.91 Å². The van der Waals surface area contributed by atoms with Crippen molar-refractivity contribution in [3.8, 4) is 0 Å². The van der Waals surface area contributed by atoms with Gasteiger partial charge in [-0.15, -0.1) is 0 Å². The van der Waals surface area contributed by atoms with Crippen LogP contribution in [-0.2, 0) is 0 Å². The van der Waals surface area contributed by atoms with Crippen LogP contribution in [0.4, 0.5) is 0 Å². The van der Waals surface area contributed by atoms with Crippen LogP contribution >= 0.6 is 23.2 Å². The van der Waals surface area contributed by atoms with Crippen LogP contribution in [0.25, 0.3) is 0 Å². The molecule has 1 aromatic heterocycles. The van der Waals surface area contributed by atoms with Gasteiger partial charge in [0.2, 0.25) is 0 Å². The predicted molar refractivity (Wildman–Crippen MR) is 77.8 cm³/mol. The quantitative estimate of drug-likeness (QED) is 0.660. The summed E-state index contributed by atoms with van der Waals surface area (Å²) in [6, 6.07) is 3.39. The van der Waals surface area contributed by atoms with E-state index < -0.39 is 0 Å². The first-order valence-electron chi connectivity index (χ1n) is 6.69. The molecule has 1 aromatic rings. The summed E-state index contributed by atoms with van der Waals surface area (Å²) in [4.78, 5) is 16.2. The lowest BCUT2D eigenvalue weighted by Gasteiger charge is -2.16. The fourth-order valence-corrected chi connectivity index (χ4v) is 2.80. The Morgan fingerprint density at radius 2 is 2.05 bits per heavy atom. The molecule has 5 heteroatoms. The van der Waals surface area contributed by atoms with Crippen LogP contribution < -0.4 is 5.32 Å². The molecule has 104 valence electrons. The smallest absolute Gasteiger partial charge is 0.271 e. The van der Waals surface area contributed by atoms with E-state index in [1.807, 2.05) is 0 Å². The number of amides is 1. The Balaban J connectivity index is 2.02. The minimum absolute atomic E-state index is 0.214. The third-order valence-electron chi connectivity index (χ3n) is 3.62. The zero-order valence-corrected chi connectivity index (χ0v) is 12.5. The summed E-state index contributed by atoms with van der Waals surface area (Å²) < 4.78 is 0. The highest BCUT2D eigenvalue weighted by atomic mass is 35.5. The van der Waals surface area contributed by atoms with Crippen LogP contribution in [0.5, 0.6) is 0 Å². The first-order valence-corrected chi connectivity index (χ1v) is 7.44. The normalized spacial score (nSPS) is 23.7. The maximum Gasteiger partial charge on any atom is 0.271 e. The maximum absolute atomic E-state index is 12.2. The van der Waals surface area contributed by atoms with Crippen molar-refractivity contribution in [2.45, 2.75) is 45.1 Å². The average Bonchev–Trinajstić information content (AvgIpc) is 2.57. The highest BCUT2D eigenvalue weighted by molar-refractivity contribution is 6.34. The van der Waals surface area contributed by atoms with Crippen molar-refractivity contribution in [3.63, 3.8) is 0 Å². The molecule has 2 unspecified atom stereocenters. The number of hydrogen-bond donors (Lipinski definition) is 1. The zero-order valence-electron chi connectivity index (χ0n) is 11.0. The van der Waals surface area contributed by atoms with E-state index in [0.29, 0.717) is 5.02 Å². The first kappa shape index (κ1) is 14.6. The van der Waals surface area contributed by atoms with Gasteiger partial charge >= 0.3 is 0 Å². The second-order valence-corrected chi connectivity index (χ2v) is 6.04. The van der Waals surface area contributed by atoms with E-state index in [9.17, 15) is 4.79 Å². The number of nitrogens with one attached hydrogen (secondary N) is 1. The Morgan fingerprint density at radius 1 is 1.26 bits per heavy atom. The molecule has 2 rings (SSSR count). The molecule has 0 aliphatic heterocycles. The Bertz CT molecular complexity index is 465. The number of carbonyl (C=O) groups is 1. The second kappa shape index (κ2) is 6.58. The minimum Gasteiger partial charge on any atom is -0.348 e. The van der Waals surface area contributed by atoms with Gasteiger partial charge < -0.3 is 5.32 Å². The van der Waals surface area contributed by atoms with E-state index in [1.54, 1.807) is 12.1 Å². The summed E-state index contributed by atoms with van der Waals surface area (Å²) in [5, 5.41) is 3.64. The van der Waals surface area contributed by atoms with Crippen molar-refractivity contribution in [1.29, 1.82) is 0 Å². The van der Waals surface area contributed by atoms with Crippen molar-refractivity contribution >= 4 is 29.1 Å². The first-order chi connectivity index (χ1) is 9.06. The summed E-state index contributed by atoms with van der Waals surface area (Å²) in [7, 11) is 0. The Morgan fingerprint density at radius 3 is 2.84 bits per heavy atom. The molecule has 19 heavy (non-hydrogen) atoms. The van der Waals surface area contributed by atoms with Gasteiger partial charge in [0, 0.05) is 6.04 Å². The number of nitrogens with zero attached hydrogens (tertiary/aromatic N) is 1. The van der Waals surface area contributed by atoms with Gasteiger partial charge in [0.05, 0.1) is 5.02 Å². The lowest BCUT2D eigenvalue weighted by atomic mass is 10.0. The van der Waals surface area contributed by atoms with E-state index in [0.717, 1.165) is 31.6 Å². The second-order valence-electron chi connectivity index (χ2n) is 5.25. The summed E-state index contributed by atoms with van der Waals surface area (Å²) in [6.07, 6.45) is 5.59. The number of carbonyl (C=O) groups excluding carboxylic acids is 1. The molecule has 1 amide bonds. The van der Waals surface area contributed by atoms with Gasteiger partial charge in [-0.25, -0.2) is 4.98 Å². The minimum atomic E-state index is -0.230. The van der Waals surface area contributed by atoms with Crippen LogP contribution in [-0.4, -0.2) is 16.9 Å². The molecule has 0 spiro atoms. The topological polar surface area (TPSA) is 42.0 Å². The Labute approximate surface area is 123 Å². The van der Waals surface area contributed by atoms with Crippen molar-refractivity contribution in [2.24, 2.45) is 5.92 Å². The molecule has 1 N–H and O–H groups in total. The van der Waals surface area contributed by atoms with Gasteiger partial charge in [0.1, 0.15) is 10.8 Å². The van der Waals surface area contributed by atoms with E-state index in [4.69, 9.17) is 23.2 Å². The molecule has 1 aliphatic carbocycles. The van der Waals surface area contributed by atoms with Crippen LogP contribution in [0.15, 0.2) is 12.1 Å². The lowest BCUT2D eigenvalue weighted by molar-refractivity contribution is 0.0928. The number of halogens is 2. The largest absolute Gasteiger partial charge is 0.348 e. The van der Waals surface area contributed by atoms with Gasteiger partial charge in [-0.1, -0.05) is 43.0 Å². The third kappa shape index (κ3) is 4.08. The van der Waals surface area contributed by atoms with Crippen molar-refractivity contribution in [2.75, 3.05) is 0 Å². The van der Waals surface area contributed by atoms with Gasteiger partial charge in [-0.3, -0.25) is 4.79 Å². The molecule has 0 aromatic carbocycles. The molecule has 1 fully saturated rings. The molecular weight excluding hydrogens is 283 g/mol. The fraction of sp³-hybridized carbons (Fsp3) is 0.571. The number of aromatic nitrogens is 1. The Kier molecular flexibility index (Phi) is 5.06. The van der Waals surface area contributed by atoms with Crippen LogP contribution in [0.1, 0.15) is 49.5 Å². The van der Waals surface area contributed by atoms with Crippen molar-refractivity contribution in [3.05, 3.63) is 28.0 Å². The third-order valence-corrected chi connectivity index (χ3v) is 4.14. The molecule has 0 radical (unpaired) electrons. The van der Waals surface area contributed by atoms with Gasteiger partial charge in [-0.2, -0.15) is 0 Å². The molecule has 0 bridgehead atoms. The molecule has 0 saturated heterocycles. The number of rotatable bonds is 2. The van der Waals surface area contributed by atoms with Crippen molar-refractivity contribution in [1.82, 2.24) is 10.3 Å². The van der Waals surface area contributed by atoms with E-state index >= 15 is 0 Å². The van der Waals surface area contributed by atoms with Crippen molar-refractivity contribution < 1.29 is 4.79 Å². The summed E-state index contributed by atoms with van der Waals surface area (Å²) in [5.41, 5.74) is 0.214. The monoisotopic (exact) mass is 300 g/mol. The van der Waals surface area contributed by atoms with Crippen LogP contribution in [0.2, 0.25) is 10.2 Å². The lowest BCUT2D eigenvalue weighted by Crippen LogP contribution is -2.35. The standard InChI is InChI=1S/C14H18Cl2N2O/c1-9-3-2-4-10(6-5-9)17-14(19)13-11(15)7-8-12(16)18-13/h7-10H,2-6H2,1H3,(H,17,19). The van der Waals surface area contributed by atoms with Crippen LogP contribution in [0.3, 0.4) is 0 Å². The molecular formula is C14H18Cl2N2O. The highest BCUT2D eigenvalue weighted by Crippen LogP contribution is 2.23. The number of pyridine rings is 1. The predicted octanol–water partition coefficient (Wildman–Crippen LogP) is 4.09. The van der Waals surface area contributed by atoms with Gasteiger partial charge in [-0.05, 0) is 37.3 Å². The van der Waals surface area contributed by atoms with Gasteiger partial charge in [0.15, 0.2) is 0 Å². The molecule has 1 saturated carbocycles. The highest BCUT2D eigenvalue weighted by Gasteiger charge is 2.20. The molecule has 1 aliphatic rings. The fourth-order valence-electron chi connectivity index (χ4n) is 2.46. The Hall–Kier alpha value is -0.800. The number of hydrogen-bond acceptors (Lipinski definition) is 2. The summed E-state index contributed by atoms with van der Waals surface area (Å²) >= 11 is 11.8. The SMILES string of the molecule is CC1CCCC(NC(=O)c2nc(Cl)ccc2Cl)CC1. The average molecular weight is 301 g/mol. The van der Waals surface area contributed by atoms with E-state index in [2.05, 4.69) is 17.2 Å². The zero-order chi connectivity index (χ0) is 13.8. The molecule has 2 atom stereocenters. The van der Waals surface area contributed by atoms with Crippen LogP contribution in [0, 0.1) is 5.92 Å². The maximum atomic E-state index is 12.2. The molecule has 3 nitrogen and oxygen atoms in total. The molecule has 1 heterocycles. The summed E-state index contributed by atoms with van der Waals surface area (Å²) in [5.74, 6) is 0.516. The summed E-state index contributed by atoms with van der Waals surface area (Å²) in [6.45, 7) is 2.26. The van der Waals surface area contributed by atoms with E-state index in [-0.39, 0.29) is 22.8 Å².